The van der Waals surface area contributed by atoms with Gasteiger partial charge in [-0.2, -0.15) is 0 Å². The summed E-state index contributed by atoms with van der Waals surface area (Å²) in [5, 5.41) is 13.7. The van der Waals surface area contributed by atoms with E-state index in [1.54, 1.807) is 0 Å². The third-order valence-corrected chi connectivity index (χ3v) is 2.13. The van der Waals surface area contributed by atoms with Crippen LogP contribution < -0.4 is 10.6 Å². The van der Waals surface area contributed by atoms with Crippen LogP contribution in [0.2, 0.25) is 0 Å². The van der Waals surface area contributed by atoms with Gasteiger partial charge >= 0.3 is 5.97 Å². The number of carbonyl (C=O) groups is 3. The second kappa shape index (κ2) is 6.88. The Morgan fingerprint density at radius 3 is 2.00 bits per heavy atom. The molecule has 0 aromatic heterocycles. The molecule has 0 aromatic rings. The lowest BCUT2D eigenvalue weighted by Crippen LogP contribution is -2.50. The highest BCUT2D eigenvalue weighted by Gasteiger charge is 2.23. The Kier molecular flexibility index (Phi) is 6.23. The zero-order valence-corrected chi connectivity index (χ0v) is 10.6. The molecule has 0 aliphatic heterocycles. The molecular formula is C11H20N2O4. The molecule has 0 aromatic carbocycles. The molecule has 98 valence electrons. The molecule has 0 heterocycles. The van der Waals surface area contributed by atoms with E-state index in [-0.39, 0.29) is 11.8 Å². The topological polar surface area (TPSA) is 95.5 Å². The van der Waals surface area contributed by atoms with Gasteiger partial charge in [0.05, 0.1) is 0 Å². The summed E-state index contributed by atoms with van der Waals surface area (Å²) in [6, 6.07) is -1.65. The van der Waals surface area contributed by atoms with Gasteiger partial charge in [-0.05, 0) is 19.3 Å². The van der Waals surface area contributed by atoms with Crippen molar-refractivity contribution in [2.45, 2.75) is 46.2 Å². The lowest BCUT2D eigenvalue weighted by molar-refractivity contribution is -0.142. The zero-order chi connectivity index (χ0) is 13.6. The number of carboxylic acids is 1. The Morgan fingerprint density at radius 1 is 1.12 bits per heavy atom. The van der Waals surface area contributed by atoms with Crippen LogP contribution in [-0.4, -0.2) is 35.0 Å². The smallest absolute Gasteiger partial charge is 0.326 e. The molecular weight excluding hydrogens is 224 g/mol. The summed E-state index contributed by atoms with van der Waals surface area (Å²) in [7, 11) is 0. The van der Waals surface area contributed by atoms with E-state index in [0.717, 1.165) is 0 Å². The number of hydrogen-bond acceptors (Lipinski definition) is 3. The summed E-state index contributed by atoms with van der Waals surface area (Å²) in [6.45, 7) is 6.55. The minimum atomic E-state index is -1.07. The zero-order valence-electron chi connectivity index (χ0n) is 10.6. The van der Waals surface area contributed by atoms with Gasteiger partial charge in [0.2, 0.25) is 11.8 Å². The molecule has 0 saturated heterocycles. The summed E-state index contributed by atoms with van der Waals surface area (Å²) >= 11 is 0. The standard InChI is InChI=1S/C11H20N2O4/c1-6(2)5-9(11(16)17)13-10(15)7(3)12-8(4)14/h6-7,9H,5H2,1-4H3,(H,12,14)(H,13,15)(H,16,17)/t7-,9-/m0/s1. The second-order valence-corrected chi connectivity index (χ2v) is 4.45. The predicted molar refractivity (Wildman–Crippen MR) is 62.3 cm³/mol. The number of nitrogens with one attached hydrogen (secondary N) is 2. The summed E-state index contributed by atoms with van der Waals surface area (Å²) in [5.41, 5.74) is 0. The Hall–Kier alpha value is -1.59. The Balaban J connectivity index is 4.39. The van der Waals surface area contributed by atoms with Crippen LogP contribution in [0.4, 0.5) is 0 Å². The van der Waals surface area contributed by atoms with Gasteiger partial charge in [-0.1, -0.05) is 13.8 Å². The van der Waals surface area contributed by atoms with Gasteiger partial charge < -0.3 is 15.7 Å². The van der Waals surface area contributed by atoms with Gasteiger partial charge in [0.1, 0.15) is 12.1 Å². The third-order valence-electron chi connectivity index (χ3n) is 2.13. The predicted octanol–water partition coefficient (Wildman–Crippen LogP) is 0.127. The average Bonchev–Trinajstić information content (AvgIpc) is 2.14. The van der Waals surface area contributed by atoms with Crippen LogP contribution in [0.3, 0.4) is 0 Å². The van der Waals surface area contributed by atoms with Crippen molar-refractivity contribution in [3.63, 3.8) is 0 Å². The molecule has 0 spiro atoms. The van der Waals surface area contributed by atoms with Crippen molar-refractivity contribution in [3.8, 4) is 0 Å². The molecule has 0 aliphatic carbocycles. The fraction of sp³-hybridized carbons (Fsp3) is 0.727. The maximum Gasteiger partial charge on any atom is 0.326 e. The van der Waals surface area contributed by atoms with Gasteiger partial charge in [-0.3, -0.25) is 9.59 Å². The summed E-state index contributed by atoms with van der Waals surface area (Å²) in [6.07, 6.45) is 0.355. The van der Waals surface area contributed by atoms with Crippen molar-refractivity contribution in [1.29, 1.82) is 0 Å². The van der Waals surface area contributed by atoms with Crippen LogP contribution in [0.15, 0.2) is 0 Å². The van der Waals surface area contributed by atoms with Crippen LogP contribution in [0.5, 0.6) is 0 Å². The van der Waals surface area contributed by atoms with Crippen molar-refractivity contribution < 1.29 is 19.5 Å². The highest BCUT2D eigenvalue weighted by atomic mass is 16.4. The highest BCUT2D eigenvalue weighted by Crippen LogP contribution is 2.05. The molecule has 0 unspecified atom stereocenters. The van der Waals surface area contributed by atoms with Crippen molar-refractivity contribution in [3.05, 3.63) is 0 Å². The molecule has 0 fully saturated rings. The SMILES string of the molecule is CC(=O)N[C@@H](C)C(=O)N[C@@H](CC(C)C)C(=O)O. The van der Waals surface area contributed by atoms with E-state index in [1.165, 1.54) is 13.8 Å². The summed E-state index contributed by atoms with van der Waals surface area (Å²) < 4.78 is 0. The molecule has 0 rings (SSSR count). The first kappa shape index (κ1) is 15.4. The first-order valence-corrected chi connectivity index (χ1v) is 5.54. The number of aliphatic carboxylic acids is 1. The Morgan fingerprint density at radius 2 is 1.65 bits per heavy atom. The lowest BCUT2D eigenvalue weighted by atomic mass is 10.0. The average molecular weight is 244 g/mol. The second-order valence-electron chi connectivity index (χ2n) is 4.45. The van der Waals surface area contributed by atoms with E-state index < -0.39 is 24.0 Å². The molecule has 0 saturated carbocycles. The normalized spacial score (nSPS) is 13.9. The first-order valence-electron chi connectivity index (χ1n) is 5.54. The van der Waals surface area contributed by atoms with Crippen molar-refractivity contribution in [1.82, 2.24) is 10.6 Å². The van der Waals surface area contributed by atoms with E-state index >= 15 is 0 Å². The number of carboxylic acid groups (broad SMARTS) is 1. The number of carbonyl (C=O) groups excluding carboxylic acids is 2. The number of rotatable bonds is 6. The van der Waals surface area contributed by atoms with E-state index in [1.807, 2.05) is 13.8 Å². The molecule has 6 heteroatoms. The molecule has 2 amide bonds. The monoisotopic (exact) mass is 244 g/mol. The third kappa shape index (κ3) is 6.55. The van der Waals surface area contributed by atoms with Crippen LogP contribution in [-0.2, 0) is 14.4 Å². The first-order chi connectivity index (χ1) is 7.73. The van der Waals surface area contributed by atoms with E-state index in [9.17, 15) is 14.4 Å². The van der Waals surface area contributed by atoms with E-state index in [4.69, 9.17) is 5.11 Å². The molecule has 17 heavy (non-hydrogen) atoms. The van der Waals surface area contributed by atoms with Crippen LogP contribution in [0, 0.1) is 5.92 Å². The van der Waals surface area contributed by atoms with Gasteiger partial charge in [0.15, 0.2) is 0 Å². The maximum absolute atomic E-state index is 11.6. The van der Waals surface area contributed by atoms with Crippen LogP contribution >= 0.6 is 0 Å². The minimum absolute atomic E-state index is 0.160. The van der Waals surface area contributed by atoms with Gasteiger partial charge in [-0.15, -0.1) is 0 Å². The van der Waals surface area contributed by atoms with E-state index in [0.29, 0.717) is 6.42 Å². The molecule has 3 N–H and O–H groups in total. The lowest BCUT2D eigenvalue weighted by Gasteiger charge is -2.19. The largest absolute Gasteiger partial charge is 0.480 e. The molecule has 0 aliphatic rings. The summed E-state index contributed by atoms with van der Waals surface area (Å²) in [4.78, 5) is 33.2. The fourth-order valence-corrected chi connectivity index (χ4v) is 1.36. The van der Waals surface area contributed by atoms with Crippen molar-refractivity contribution in [2.75, 3.05) is 0 Å². The van der Waals surface area contributed by atoms with Gasteiger partial charge in [0, 0.05) is 6.92 Å². The number of hydrogen-bond donors (Lipinski definition) is 3. The Bertz CT molecular complexity index is 302. The molecule has 0 bridgehead atoms. The van der Waals surface area contributed by atoms with Gasteiger partial charge in [0.25, 0.3) is 0 Å². The molecule has 2 atom stereocenters. The molecule has 0 radical (unpaired) electrons. The Labute approximate surface area is 101 Å². The van der Waals surface area contributed by atoms with Gasteiger partial charge in [-0.25, -0.2) is 4.79 Å². The van der Waals surface area contributed by atoms with Crippen molar-refractivity contribution in [2.24, 2.45) is 5.92 Å². The highest BCUT2D eigenvalue weighted by molar-refractivity contribution is 5.89. The van der Waals surface area contributed by atoms with Crippen LogP contribution in [0.25, 0.3) is 0 Å². The quantitative estimate of drug-likeness (QED) is 0.618. The number of amides is 2. The van der Waals surface area contributed by atoms with Crippen molar-refractivity contribution >= 4 is 17.8 Å². The minimum Gasteiger partial charge on any atom is -0.480 e. The fourth-order valence-electron chi connectivity index (χ4n) is 1.36. The summed E-state index contributed by atoms with van der Waals surface area (Å²) in [5.74, 6) is -1.73. The maximum atomic E-state index is 11.6. The van der Waals surface area contributed by atoms with Crippen LogP contribution in [0.1, 0.15) is 34.1 Å². The molecule has 6 nitrogen and oxygen atoms in total. The van der Waals surface area contributed by atoms with E-state index in [2.05, 4.69) is 10.6 Å².